The van der Waals surface area contributed by atoms with Gasteiger partial charge in [-0.2, -0.15) is 0 Å². The first-order valence-corrected chi connectivity index (χ1v) is 13.1. The molecule has 7 nitrogen and oxygen atoms in total. The highest BCUT2D eigenvalue weighted by Gasteiger charge is 2.44. The zero-order valence-electron chi connectivity index (χ0n) is 20.4. The highest BCUT2D eigenvalue weighted by atomic mass is 32.1. The topological polar surface area (TPSA) is 78.9 Å². The molecule has 1 aromatic heterocycles. The first-order chi connectivity index (χ1) is 17.8. The predicted molar refractivity (Wildman–Crippen MR) is 145 cm³/mol. The fourth-order valence-electron chi connectivity index (χ4n) is 4.09. The van der Waals surface area contributed by atoms with Crippen molar-refractivity contribution >= 4 is 57.8 Å². The molecule has 0 aliphatic carbocycles. The maximum atomic E-state index is 13.6. The van der Waals surface area contributed by atoms with E-state index in [9.17, 15) is 18.8 Å². The second kappa shape index (κ2) is 11.6. The average molecular weight is 540 g/mol. The maximum absolute atomic E-state index is 13.6. The second-order valence-electron chi connectivity index (χ2n) is 8.47. The first-order valence-electron chi connectivity index (χ1n) is 11.8. The highest BCUT2D eigenvalue weighted by molar-refractivity contribution is 7.80. The number of hydrogen-bond donors (Lipinski definition) is 1. The number of nitrogens with zero attached hydrogens (tertiary/aromatic N) is 2. The number of esters is 1. The van der Waals surface area contributed by atoms with Crippen molar-refractivity contribution in [2.24, 2.45) is 0 Å². The molecule has 1 aliphatic rings. The number of halogens is 1. The molecule has 2 aromatic carbocycles. The van der Waals surface area contributed by atoms with E-state index >= 15 is 0 Å². The SMILES string of the molecule is CCOC(=O)c1ccc(N2C(=O)[C@H](CC(=O)Nc3ccc(F)cc3)N(CCc3sccc3C)C2=S)cc1. The molecule has 2 amide bonds. The summed E-state index contributed by atoms with van der Waals surface area (Å²) in [5.74, 6) is -1.57. The molecule has 0 saturated carbocycles. The Bertz CT molecular complexity index is 1310. The minimum atomic E-state index is -0.807. The van der Waals surface area contributed by atoms with E-state index in [2.05, 4.69) is 5.32 Å². The summed E-state index contributed by atoms with van der Waals surface area (Å²) in [6.45, 7) is 4.48. The highest BCUT2D eigenvalue weighted by Crippen LogP contribution is 2.29. The van der Waals surface area contributed by atoms with Gasteiger partial charge in [-0.1, -0.05) is 0 Å². The number of thiophene rings is 1. The van der Waals surface area contributed by atoms with E-state index in [0.717, 1.165) is 0 Å². The summed E-state index contributed by atoms with van der Waals surface area (Å²) in [4.78, 5) is 42.8. The minimum Gasteiger partial charge on any atom is -0.462 e. The number of rotatable bonds is 9. The lowest BCUT2D eigenvalue weighted by atomic mass is 10.1. The van der Waals surface area contributed by atoms with Gasteiger partial charge in [-0.15, -0.1) is 11.3 Å². The smallest absolute Gasteiger partial charge is 0.338 e. The number of amides is 2. The molecule has 1 atom stereocenters. The van der Waals surface area contributed by atoms with Crippen molar-refractivity contribution in [2.45, 2.75) is 32.7 Å². The molecule has 0 spiro atoms. The van der Waals surface area contributed by atoms with Gasteiger partial charge in [0.2, 0.25) is 5.91 Å². The van der Waals surface area contributed by atoms with Gasteiger partial charge in [0.25, 0.3) is 5.91 Å². The van der Waals surface area contributed by atoms with Crippen LogP contribution in [0.5, 0.6) is 0 Å². The third kappa shape index (κ3) is 6.03. The van der Waals surface area contributed by atoms with Gasteiger partial charge in [-0.05, 0) is 98.0 Å². The van der Waals surface area contributed by atoms with E-state index < -0.39 is 17.8 Å². The van der Waals surface area contributed by atoms with Crippen molar-refractivity contribution in [3.05, 3.63) is 81.8 Å². The van der Waals surface area contributed by atoms with Crippen LogP contribution in [0.25, 0.3) is 0 Å². The molecule has 0 unspecified atom stereocenters. The molecule has 0 radical (unpaired) electrons. The predicted octanol–water partition coefficient (Wildman–Crippen LogP) is 4.95. The van der Waals surface area contributed by atoms with Gasteiger partial charge in [-0.25, -0.2) is 9.18 Å². The lowest BCUT2D eigenvalue weighted by Gasteiger charge is -2.24. The van der Waals surface area contributed by atoms with Gasteiger partial charge >= 0.3 is 5.97 Å². The summed E-state index contributed by atoms with van der Waals surface area (Å²) in [5.41, 5.74) is 2.47. The third-order valence-electron chi connectivity index (χ3n) is 6.01. The van der Waals surface area contributed by atoms with E-state index in [0.29, 0.717) is 35.0 Å². The van der Waals surface area contributed by atoms with Gasteiger partial charge < -0.3 is 15.0 Å². The van der Waals surface area contributed by atoms with Crippen molar-refractivity contribution in [3.8, 4) is 0 Å². The minimum absolute atomic E-state index is 0.128. The van der Waals surface area contributed by atoms with Gasteiger partial charge in [0, 0.05) is 17.1 Å². The van der Waals surface area contributed by atoms with Crippen LogP contribution in [0.3, 0.4) is 0 Å². The molecule has 1 saturated heterocycles. The maximum Gasteiger partial charge on any atom is 0.338 e. The number of carbonyl (C=O) groups is 3. The molecule has 1 N–H and O–H groups in total. The van der Waals surface area contributed by atoms with Crippen molar-refractivity contribution < 1.29 is 23.5 Å². The zero-order valence-corrected chi connectivity index (χ0v) is 22.0. The molecular weight excluding hydrogens is 513 g/mol. The molecule has 4 rings (SSSR count). The normalized spacial score (nSPS) is 15.3. The fraction of sp³-hybridized carbons (Fsp3) is 0.259. The monoisotopic (exact) mass is 539 g/mol. The van der Waals surface area contributed by atoms with E-state index in [1.807, 2.05) is 18.4 Å². The Morgan fingerprint density at radius 2 is 1.81 bits per heavy atom. The van der Waals surface area contributed by atoms with Gasteiger partial charge in [0.1, 0.15) is 11.9 Å². The number of aryl methyl sites for hydroxylation is 1. The Balaban J connectivity index is 1.56. The van der Waals surface area contributed by atoms with Crippen LogP contribution in [0.2, 0.25) is 0 Å². The molecule has 192 valence electrons. The number of anilines is 2. The number of thiocarbonyl (C=S) groups is 1. The van der Waals surface area contributed by atoms with Crippen LogP contribution in [-0.2, 0) is 20.7 Å². The van der Waals surface area contributed by atoms with Gasteiger partial charge in [0.05, 0.1) is 24.3 Å². The van der Waals surface area contributed by atoms with Crippen molar-refractivity contribution in [1.29, 1.82) is 0 Å². The molecule has 0 bridgehead atoms. The van der Waals surface area contributed by atoms with Gasteiger partial charge in [-0.3, -0.25) is 14.5 Å². The van der Waals surface area contributed by atoms with Crippen LogP contribution in [-0.4, -0.2) is 47.0 Å². The van der Waals surface area contributed by atoms with E-state index in [-0.39, 0.29) is 24.8 Å². The third-order valence-corrected chi connectivity index (χ3v) is 7.51. The Kier molecular flexibility index (Phi) is 8.30. The number of ether oxygens (including phenoxy) is 1. The van der Waals surface area contributed by atoms with Crippen LogP contribution in [0.4, 0.5) is 15.8 Å². The van der Waals surface area contributed by atoms with Crippen molar-refractivity contribution in [3.63, 3.8) is 0 Å². The number of benzene rings is 2. The Labute approximate surface area is 223 Å². The van der Waals surface area contributed by atoms with Crippen LogP contribution in [0.1, 0.15) is 34.1 Å². The molecule has 37 heavy (non-hydrogen) atoms. The fourth-order valence-corrected chi connectivity index (χ4v) is 5.40. The number of nitrogens with one attached hydrogen (secondary N) is 1. The van der Waals surface area contributed by atoms with Crippen LogP contribution in [0.15, 0.2) is 60.0 Å². The van der Waals surface area contributed by atoms with Crippen LogP contribution >= 0.6 is 23.6 Å². The van der Waals surface area contributed by atoms with Crippen molar-refractivity contribution in [1.82, 2.24) is 4.90 Å². The van der Waals surface area contributed by atoms with Gasteiger partial charge in [0.15, 0.2) is 5.11 Å². The lowest BCUT2D eigenvalue weighted by molar-refractivity contribution is -0.124. The summed E-state index contributed by atoms with van der Waals surface area (Å²) >= 11 is 7.35. The second-order valence-corrected chi connectivity index (χ2v) is 9.83. The largest absolute Gasteiger partial charge is 0.462 e. The summed E-state index contributed by atoms with van der Waals surface area (Å²) in [5, 5.41) is 5.03. The summed E-state index contributed by atoms with van der Waals surface area (Å²) < 4.78 is 18.3. The number of carbonyl (C=O) groups excluding carboxylic acids is 3. The average Bonchev–Trinajstić information content (AvgIpc) is 3.39. The molecule has 1 aliphatic heterocycles. The summed E-state index contributed by atoms with van der Waals surface area (Å²) in [6, 6.07) is 13.1. The molecular formula is C27H26FN3O4S2. The summed E-state index contributed by atoms with van der Waals surface area (Å²) in [6.07, 6.45) is 0.541. The van der Waals surface area contributed by atoms with E-state index in [1.165, 1.54) is 39.6 Å². The number of hydrogen-bond acceptors (Lipinski definition) is 6. The van der Waals surface area contributed by atoms with E-state index in [1.54, 1.807) is 47.4 Å². The Morgan fingerprint density at radius 1 is 1.11 bits per heavy atom. The molecule has 3 aromatic rings. The van der Waals surface area contributed by atoms with Crippen molar-refractivity contribution in [2.75, 3.05) is 23.4 Å². The van der Waals surface area contributed by atoms with Crippen LogP contribution in [0, 0.1) is 12.7 Å². The zero-order chi connectivity index (χ0) is 26.5. The van der Waals surface area contributed by atoms with E-state index in [4.69, 9.17) is 17.0 Å². The molecule has 1 fully saturated rings. The standard InChI is InChI=1S/C27H26FN3O4S2/c1-3-35-26(34)18-4-10-21(11-5-18)31-25(33)22(16-24(32)29-20-8-6-19(28)7-9-20)30(27(31)36)14-12-23-17(2)13-15-37-23/h4-11,13,15,22H,3,12,14,16H2,1-2H3,(H,29,32)/t22-/m0/s1. The quantitative estimate of drug-likeness (QED) is 0.306. The summed E-state index contributed by atoms with van der Waals surface area (Å²) in [7, 11) is 0. The first kappa shape index (κ1) is 26.4. The Morgan fingerprint density at radius 3 is 2.43 bits per heavy atom. The lowest BCUT2D eigenvalue weighted by Crippen LogP contribution is -2.39. The molecule has 2 heterocycles. The van der Waals surface area contributed by atoms with Crippen LogP contribution < -0.4 is 10.2 Å². The Hall–Kier alpha value is -3.63. The molecule has 10 heteroatoms.